The fourth-order valence-corrected chi connectivity index (χ4v) is 6.47. The number of piperidine rings is 1. The third-order valence-corrected chi connectivity index (χ3v) is 8.31. The Hall–Kier alpha value is -2.19. The lowest BCUT2D eigenvalue weighted by Gasteiger charge is -2.41. The first-order chi connectivity index (χ1) is 16.5. The molecule has 186 valence electrons. The Morgan fingerprint density at radius 3 is 2.56 bits per heavy atom. The number of hydrogen-bond donors (Lipinski definition) is 0. The van der Waals surface area contributed by atoms with Crippen LogP contribution in [0.25, 0.3) is 0 Å². The second-order valence-electron chi connectivity index (χ2n) is 10.1. The van der Waals surface area contributed by atoms with Crippen LogP contribution in [-0.4, -0.2) is 79.9 Å². The van der Waals surface area contributed by atoms with E-state index < -0.39 is 5.41 Å². The minimum Gasteiger partial charge on any atom is -0.450 e. The number of hydrogen-bond acceptors (Lipinski definition) is 5. The number of amides is 2. The molecular formula is C26H36FN3O4. The zero-order valence-corrected chi connectivity index (χ0v) is 20.1. The molecule has 34 heavy (non-hydrogen) atoms. The molecule has 0 radical (unpaired) electrons. The number of benzene rings is 1. The number of likely N-dealkylation sites (tertiary alicyclic amines) is 2. The molecule has 0 aromatic heterocycles. The van der Waals surface area contributed by atoms with Crippen LogP contribution in [0.1, 0.15) is 57.4 Å². The number of carbonyl (C=O) groups excluding carboxylic acids is 2. The lowest BCUT2D eigenvalue weighted by atomic mass is 9.75. The molecule has 1 aromatic rings. The molecule has 5 rings (SSSR count). The molecular weight excluding hydrogens is 437 g/mol. The minimum absolute atomic E-state index is 0.134. The zero-order chi connectivity index (χ0) is 23.7. The largest absolute Gasteiger partial charge is 0.450 e. The number of carbonyl (C=O) groups is 2. The average Bonchev–Trinajstić information content (AvgIpc) is 3.02. The molecule has 1 aromatic carbocycles. The molecule has 1 atom stereocenters. The summed E-state index contributed by atoms with van der Waals surface area (Å²) in [6, 6.07) is 5.45. The van der Waals surface area contributed by atoms with Crippen molar-refractivity contribution < 1.29 is 23.5 Å². The summed E-state index contributed by atoms with van der Waals surface area (Å²) in [6.45, 7) is 6.69. The maximum absolute atomic E-state index is 14.2. The summed E-state index contributed by atoms with van der Waals surface area (Å²) >= 11 is 0. The Morgan fingerprint density at radius 2 is 1.82 bits per heavy atom. The first-order valence-corrected chi connectivity index (χ1v) is 12.9. The Morgan fingerprint density at radius 1 is 1.09 bits per heavy atom. The van der Waals surface area contributed by atoms with Gasteiger partial charge in [-0.3, -0.25) is 4.79 Å². The number of halogens is 1. The van der Waals surface area contributed by atoms with E-state index in [0.29, 0.717) is 38.7 Å². The van der Waals surface area contributed by atoms with E-state index >= 15 is 0 Å². The van der Waals surface area contributed by atoms with Crippen molar-refractivity contribution >= 4 is 17.7 Å². The summed E-state index contributed by atoms with van der Waals surface area (Å²) in [6.07, 6.45) is 5.88. The van der Waals surface area contributed by atoms with Gasteiger partial charge in [-0.25, -0.2) is 9.18 Å². The van der Waals surface area contributed by atoms with Gasteiger partial charge in [-0.2, -0.15) is 0 Å². The maximum atomic E-state index is 14.2. The molecule has 0 aliphatic carbocycles. The molecule has 4 heterocycles. The molecule has 7 nitrogen and oxygen atoms in total. The quantitative estimate of drug-likeness (QED) is 0.670. The van der Waals surface area contributed by atoms with Crippen LogP contribution in [0, 0.1) is 5.82 Å². The molecule has 0 N–H and O–H groups in total. The Balaban J connectivity index is 1.25. The second kappa shape index (κ2) is 9.82. The van der Waals surface area contributed by atoms with Crippen molar-refractivity contribution in [1.29, 1.82) is 0 Å². The van der Waals surface area contributed by atoms with E-state index in [1.54, 1.807) is 12.1 Å². The fraction of sp³-hybridized carbons (Fsp3) is 0.692. The van der Waals surface area contributed by atoms with Gasteiger partial charge in [0.2, 0.25) is 5.91 Å². The summed E-state index contributed by atoms with van der Waals surface area (Å²) in [7, 11) is 0. The molecule has 0 saturated carbocycles. The van der Waals surface area contributed by atoms with E-state index in [1.165, 1.54) is 6.07 Å². The van der Waals surface area contributed by atoms with E-state index in [4.69, 9.17) is 9.47 Å². The topological polar surface area (TPSA) is 62.3 Å². The van der Waals surface area contributed by atoms with Crippen molar-refractivity contribution in [2.24, 2.45) is 0 Å². The molecule has 3 fully saturated rings. The summed E-state index contributed by atoms with van der Waals surface area (Å²) in [4.78, 5) is 32.3. The van der Waals surface area contributed by atoms with Gasteiger partial charge in [0, 0.05) is 57.2 Å². The molecule has 4 aliphatic heterocycles. The van der Waals surface area contributed by atoms with Crippen LogP contribution in [0.15, 0.2) is 18.2 Å². The highest BCUT2D eigenvalue weighted by atomic mass is 19.1. The maximum Gasteiger partial charge on any atom is 0.409 e. The van der Waals surface area contributed by atoms with Crippen LogP contribution in [0.5, 0.6) is 0 Å². The van der Waals surface area contributed by atoms with Gasteiger partial charge in [-0.15, -0.1) is 0 Å². The Labute approximate surface area is 201 Å². The first kappa shape index (κ1) is 23.5. The monoisotopic (exact) mass is 473 g/mol. The van der Waals surface area contributed by atoms with Crippen LogP contribution >= 0.6 is 0 Å². The molecule has 8 heteroatoms. The highest BCUT2D eigenvalue weighted by molar-refractivity contribution is 6.08. The van der Waals surface area contributed by atoms with E-state index in [0.717, 1.165) is 69.5 Å². The summed E-state index contributed by atoms with van der Waals surface area (Å²) in [5, 5.41) is 0. The predicted octanol–water partition coefficient (Wildman–Crippen LogP) is 3.70. The van der Waals surface area contributed by atoms with Gasteiger partial charge < -0.3 is 24.2 Å². The molecule has 1 unspecified atom stereocenters. The number of ether oxygens (including phenoxy) is 2. The highest BCUT2D eigenvalue weighted by Gasteiger charge is 2.53. The van der Waals surface area contributed by atoms with Crippen molar-refractivity contribution in [2.45, 2.75) is 69.4 Å². The fourth-order valence-electron chi connectivity index (χ4n) is 6.47. The van der Waals surface area contributed by atoms with Crippen molar-refractivity contribution in [1.82, 2.24) is 9.80 Å². The minimum atomic E-state index is -0.634. The van der Waals surface area contributed by atoms with Crippen molar-refractivity contribution in [2.75, 3.05) is 50.9 Å². The summed E-state index contributed by atoms with van der Waals surface area (Å²) < 4.78 is 24.9. The lowest BCUT2D eigenvalue weighted by Crippen LogP contribution is -2.52. The van der Waals surface area contributed by atoms with Gasteiger partial charge in [0.25, 0.3) is 0 Å². The average molecular weight is 474 g/mol. The van der Waals surface area contributed by atoms with E-state index in [-0.39, 0.29) is 23.9 Å². The number of anilines is 1. The third-order valence-electron chi connectivity index (χ3n) is 8.31. The van der Waals surface area contributed by atoms with Gasteiger partial charge >= 0.3 is 6.09 Å². The van der Waals surface area contributed by atoms with Crippen molar-refractivity contribution in [3.8, 4) is 0 Å². The smallest absolute Gasteiger partial charge is 0.409 e. The van der Waals surface area contributed by atoms with Gasteiger partial charge in [0.05, 0.1) is 12.0 Å². The third kappa shape index (κ3) is 4.19. The molecule has 3 saturated heterocycles. The van der Waals surface area contributed by atoms with Crippen molar-refractivity contribution in [3.63, 3.8) is 0 Å². The number of rotatable bonds is 3. The van der Waals surface area contributed by atoms with Gasteiger partial charge in [-0.05, 0) is 75.6 Å². The van der Waals surface area contributed by atoms with Crippen LogP contribution in [-0.2, 0) is 19.7 Å². The standard InChI is InChI=1S/C26H36FN3O4/c1-2-34-25(32)29-12-3-4-20(7-15-29)28-13-8-21(9-14-28)30-23-6-5-19(27)18-22(23)26(24(30)31)10-16-33-17-11-26/h5-6,18,20-21H,2-4,7-17H2,1H3. The predicted molar refractivity (Wildman–Crippen MR) is 126 cm³/mol. The first-order valence-electron chi connectivity index (χ1n) is 12.9. The van der Waals surface area contributed by atoms with Gasteiger partial charge in [-0.1, -0.05) is 0 Å². The Bertz CT molecular complexity index is 911. The molecule has 2 amide bonds. The van der Waals surface area contributed by atoms with Crippen LogP contribution in [0.2, 0.25) is 0 Å². The number of nitrogens with zero attached hydrogens (tertiary/aromatic N) is 3. The highest BCUT2D eigenvalue weighted by Crippen LogP contribution is 2.49. The summed E-state index contributed by atoms with van der Waals surface area (Å²) in [5.74, 6) is -0.145. The SMILES string of the molecule is CCOC(=O)N1CCCC(N2CCC(N3C(=O)C4(CCOCC4)c4cc(F)ccc43)CC2)CC1. The molecule has 0 bridgehead atoms. The second-order valence-corrected chi connectivity index (χ2v) is 10.1. The molecule has 4 aliphatic rings. The number of fused-ring (bicyclic) bond motifs is 2. The van der Waals surface area contributed by atoms with Crippen LogP contribution in [0.3, 0.4) is 0 Å². The summed E-state index contributed by atoms with van der Waals surface area (Å²) in [5.41, 5.74) is 1.11. The lowest BCUT2D eigenvalue weighted by molar-refractivity contribution is -0.127. The van der Waals surface area contributed by atoms with Crippen LogP contribution in [0.4, 0.5) is 14.9 Å². The van der Waals surface area contributed by atoms with E-state index in [9.17, 15) is 14.0 Å². The van der Waals surface area contributed by atoms with Gasteiger partial charge in [0.1, 0.15) is 5.82 Å². The normalized spacial score (nSPS) is 25.9. The van der Waals surface area contributed by atoms with Gasteiger partial charge in [0.15, 0.2) is 0 Å². The zero-order valence-electron chi connectivity index (χ0n) is 20.1. The van der Waals surface area contributed by atoms with E-state index in [2.05, 4.69) is 4.90 Å². The van der Waals surface area contributed by atoms with Crippen LogP contribution < -0.4 is 4.90 Å². The Kier molecular flexibility index (Phi) is 6.80. The van der Waals surface area contributed by atoms with E-state index in [1.807, 2.05) is 16.7 Å². The molecule has 1 spiro atoms. The van der Waals surface area contributed by atoms with Crippen molar-refractivity contribution in [3.05, 3.63) is 29.6 Å².